The molecule has 5 nitrogen and oxygen atoms in total. The fourth-order valence-electron chi connectivity index (χ4n) is 2.43. The summed E-state index contributed by atoms with van der Waals surface area (Å²) in [5, 5.41) is 8.90. The largest absolute Gasteiger partial charge is 0.322 e. The molecule has 3 rings (SSSR count). The third-order valence-electron chi connectivity index (χ3n) is 3.89. The topological polar surface area (TPSA) is 70.6 Å². The average Bonchev–Trinajstić information content (AvgIpc) is 3.21. The van der Waals surface area contributed by atoms with E-state index in [9.17, 15) is 9.59 Å². The number of anilines is 1. The summed E-state index contributed by atoms with van der Waals surface area (Å²) < 4.78 is 0. The van der Waals surface area contributed by atoms with E-state index in [1.54, 1.807) is 41.7 Å². The Morgan fingerprint density at radius 3 is 2.37 bits per heavy atom. The minimum Gasteiger partial charge on any atom is -0.322 e. The Balaban J connectivity index is 1.62. The van der Waals surface area contributed by atoms with Gasteiger partial charge in [0.15, 0.2) is 0 Å². The maximum atomic E-state index is 12.3. The first kappa shape index (κ1) is 18.5. The van der Waals surface area contributed by atoms with E-state index in [0.717, 1.165) is 16.2 Å². The van der Waals surface area contributed by atoms with E-state index in [1.165, 1.54) is 0 Å². The Morgan fingerprint density at radius 1 is 0.926 bits per heavy atom. The van der Waals surface area contributed by atoms with Gasteiger partial charge in [-0.3, -0.25) is 9.59 Å². The zero-order chi connectivity index (χ0) is 19.2. The van der Waals surface area contributed by atoms with Crippen LogP contribution in [-0.4, -0.2) is 17.5 Å². The Hall–Kier alpha value is -3.25. The predicted octanol–water partition coefficient (Wildman–Crippen LogP) is 4.46. The van der Waals surface area contributed by atoms with Crippen LogP contribution in [0, 0.1) is 6.92 Å². The number of carbonyl (C=O) groups is 2. The number of benzene rings is 2. The number of nitrogens with zero attached hydrogens (tertiary/aromatic N) is 1. The molecule has 0 spiro atoms. The number of thiophene rings is 1. The third-order valence-corrected chi connectivity index (χ3v) is 4.87. The maximum Gasteiger partial charge on any atom is 0.271 e. The number of aryl methyl sites for hydroxylation is 1. The first-order chi connectivity index (χ1) is 13.0. The number of carbonyl (C=O) groups excluding carboxylic acids is 2. The normalized spacial score (nSPS) is 11.1. The zero-order valence-electron chi connectivity index (χ0n) is 15.0. The summed E-state index contributed by atoms with van der Waals surface area (Å²) >= 11 is 1.56. The van der Waals surface area contributed by atoms with Gasteiger partial charge in [-0.15, -0.1) is 11.3 Å². The molecule has 0 aliphatic rings. The summed E-state index contributed by atoms with van der Waals surface area (Å²) in [6.07, 6.45) is 0. The lowest BCUT2D eigenvalue weighted by molar-refractivity contribution is 0.0954. The summed E-state index contributed by atoms with van der Waals surface area (Å²) in [4.78, 5) is 25.5. The molecule has 0 atom stereocenters. The lowest BCUT2D eigenvalue weighted by Gasteiger charge is -2.07. The van der Waals surface area contributed by atoms with Gasteiger partial charge in [-0.05, 0) is 61.7 Å². The molecule has 1 aromatic heterocycles. The molecule has 27 heavy (non-hydrogen) atoms. The van der Waals surface area contributed by atoms with Crippen LogP contribution in [0.2, 0.25) is 0 Å². The van der Waals surface area contributed by atoms with Gasteiger partial charge in [0.05, 0.1) is 5.71 Å². The van der Waals surface area contributed by atoms with Gasteiger partial charge in [-0.2, -0.15) is 5.10 Å². The van der Waals surface area contributed by atoms with E-state index in [4.69, 9.17) is 0 Å². The molecule has 3 aromatic rings. The molecule has 0 bridgehead atoms. The number of nitrogens with one attached hydrogen (secondary N) is 2. The molecule has 0 fully saturated rings. The molecular weight excluding hydrogens is 358 g/mol. The van der Waals surface area contributed by atoms with Crippen LogP contribution in [0.1, 0.15) is 38.1 Å². The molecule has 0 unspecified atom stereocenters. The van der Waals surface area contributed by atoms with Crippen LogP contribution in [0.25, 0.3) is 0 Å². The van der Waals surface area contributed by atoms with Crippen molar-refractivity contribution < 1.29 is 9.59 Å². The number of hydrogen-bond acceptors (Lipinski definition) is 4. The zero-order valence-corrected chi connectivity index (χ0v) is 15.8. The van der Waals surface area contributed by atoms with Crippen molar-refractivity contribution in [3.8, 4) is 0 Å². The minimum atomic E-state index is -0.303. The molecule has 1 heterocycles. The van der Waals surface area contributed by atoms with Crippen LogP contribution < -0.4 is 10.7 Å². The van der Waals surface area contributed by atoms with E-state index < -0.39 is 0 Å². The summed E-state index contributed by atoms with van der Waals surface area (Å²) in [7, 11) is 0. The van der Waals surface area contributed by atoms with Gasteiger partial charge < -0.3 is 5.32 Å². The Morgan fingerprint density at radius 2 is 1.70 bits per heavy atom. The summed E-state index contributed by atoms with van der Waals surface area (Å²) in [5.41, 5.74) is 6.00. The van der Waals surface area contributed by atoms with E-state index in [0.29, 0.717) is 16.8 Å². The molecule has 2 aromatic carbocycles. The predicted molar refractivity (Wildman–Crippen MR) is 110 cm³/mol. The van der Waals surface area contributed by atoms with Crippen molar-refractivity contribution in [2.24, 2.45) is 5.10 Å². The van der Waals surface area contributed by atoms with Gasteiger partial charge in [0.25, 0.3) is 11.8 Å². The monoisotopic (exact) mass is 377 g/mol. The molecule has 0 saturated carbocycles. The van der Waals surface area contributed by atoms with Crippen molar-refractivity contribution >= 4 is 34.6 Å². The molecule has 2 amide bonds. The summed E-state index contributed by atoms with van der Waals surface area (Å²) in [6.45, 7) is 3.78. The Kier molecular flexibility index (Phi) is 5.78. The molecule has 6 heteroatoms. The van der Waals surface area contributed by atoms with E-state index in [2.05, 4.69) is 15.8 Å². The van der Waals surface area contributed by atoms with Crippen molar-refractivity contribution in [2.45, 2.75) is 13.8 Å². The second-order valence-electron chi connectivity index (χ2n) is 6.02. The lowest BCUT2D eigenvalue weighted by atomic mass is 10.1. The fourth-order valence-corrected chi connectivity index (χ4v) is 3.11. The summed E-state index contributed by atoms with van der Waals surface area (Å²) in [6, 6.07) is 17.9. The van der Waals surface area contributed by atoms with Gasteiger partial charge in [0, 0.05) is 21.7 Å². The number of hydrazone groups is 1. The quantitative estimate of drug-likeness (QED) is 0.509. The van der Waals surface area contributed by atoms with Crippen molar-refractivity contribution in [1.82, 2.24) is 5.43 Å². The fraction of sp³-hybridized carbons (Fsp3) is 0.0952. The van der Waals surface area contributed by atoms with Gasteiger partial charge >= 0.3 is 0 Å². The molecule has 0 radical (unpaired) electrons. The first-order valence-electron chi connectivity index (χ1n) is 8.39. The molecule has 0 aliphatic carbocycles. The standard InChI is InChI=1S/C21H19N3O2S/c1-14-5-3-6-17(13-14)20(25)22-18-10-8-16(9-11-18)21(26)24-23-15(2)19-7-4-12-27-19/h3-13H,1-2H3,(H,22,25)(H,24,26)/b23-15+. The molecule has 0 saturated heterocycles. The van der Waals surface area contributed by atoms with Crippen LogP contribution >= 0.6 is 11.3 Å². The highest BCUT2D eigenvalue weighted by Gasteiger charge is 2.08. The molecule has 2 N–H and O–H groups in total. The average molecular weight is 377 g/mol. The van der Waals surface area contributed by atoms with Gasteiger partial charge in [-0.25, -0.2) is 5.43 Å². The minimum absolute atomic E-state index is 0.188. The third kappa shape index (κ3) is 4.89. The highest BCUT2D eigenvalue weighted by atomic mass is 32.1. The number of amides is 2. The SMILES string of the molecule is C/C(=N\NC(=O)c1ccc(NC(=O)c2cccc(C)c2)cc1)c1cccs1. The Labute approximate surface area is 161 Å². The highest BCUT2D eigenvalue weighted by molar-refractivity contribution is 7.12. The lowest BCUT2D eigenvalue weighted by Crippen LogP contribution is -2.19. The van der Waals surface area contributed by atoms with E-state index in [-0.39, 0.29) is 11.8 Å². The molecular formula is C21H19N3O2S. The van der Waals surface area contributed by atoms with Crippen molar-refractivity contribution in [1.29, 1.82) is 0 Å². The van der Waals surface area contributed by atoms with Crippen LogP contribution in [0.5, 0.6) is 0 Å². The van der Waals surface area contributed by atoms with E-state index in [1.807, 2.05) is 49.6 Å². The van der Waals surface area contributed by atoms with Gasteiger partial charge in [0.1, 0.15) is 0 Å². The first-order valence-corrected chi connectivity index (χ1v) is 9.27. The van der Waals surface area contributed by atoms with Crippen molar-refractivity contribution in [3.63, 3.8) is 0 Å². The van der Waals surface area contributed by atoms with Gasteiger partial charge in [0.2, 0.25) is 0 Å². The molecule has 0 aliphatic heterocycles. The van der Waals surface area contributed by atoms with Crippen molar-refractivity contribution in [3.05, 3.63) is 87.6 Å². The number of hydrogen-bond donors (Lipinski definition) is 2. The molecule has 136 valence electrons. The highest BCUT2D eigenvalue weighted by Crippen LogP contribution is 2.13. The van der Waals surface area contributed by atoms with Crippen LogP contribution in [0.3, 0.4) is 0 Å². The maximum absolute atomic E-state index is 12.3. The second-order valence-corrected chi connectivity index (χ2v) is 6.96. The number of rotatable bonds is 5. The Bertz CT molecular complexity index is 977. The van der Waals surface area contributed by atoms with Crippen LogP contribution in [0.4, 0.5) is 5.69 Å². The van der Waals surface area contributed by atoms with E-state index >= 15 is 0 Å². The van der Waals surface area contributed by atoms with Gasteiger partial charge in [-0.1, -0.05) is 23.8 Å². The van der Waals surface area contributed by atoms with Crippen LogP contribution in [-0.2, 0) is 0 Å². The second kappa shape index (κ2) is 8.42. The summed E-state index contributed by atoms with van der Waals surface area (Å²) in [5.74, 6) is -0.491. The van der Waals surface area contributed by atoms with Crippen LogP contribution in [0.15, 0.2) is 71.1 Å². The van der Waals surface area contributed by atoms with Crippen molar-refractivity contribution in [2.75, 3.05) is 5.32 Å². The smallest absolute Gasteiger partial charge is 0.271 e.